The first-order valence-electron chi connectivity index (χ1n) is 8.91. The molecule has 0 aliphatic heterocycles. The lowest BCUT2D eigenvalue weighted by atomic mass is 9.78. The Bertz CT molecular complexity index is 521. The Morgan fingerprint density at radius 2 is 1.87 bits per heavy atom. The molecule has 0 saturated heterocycles. The van der Waals surface area contributed by atoms with Crippen LogP contribution in [0.25, 0.3) is 5.03 Å². The monoisotopic (exact) mass is 394 g/mol. The highest BCUT2D eigenvalue weighted by molar-refractivity contribution is 9.11. The summed E-state index contributed by atoms with van der Waals surface area (Å²) in [6, 6.07) is 8.91. The number of benzene rings is 1. The van der Waals surface area contributed by atoms with Crippen LogP contribution in [0.1, 0.15) is 75.3 Å². The molecule has 1 aliphatic carbocycles. The van der Waals surface area contributed by atoms with E-state index in [1.807, 2.05) is 6.08 Å². The number of halogens is 2. The summed E-state index contributed by atoms with van der Waals surface area (Å²) < 4.78 is 1.09. The van der Waals surface area contributed by atoms with Crippen LogP contribution in [0.4, 0.5) is 0 Å². The molecule has 0 unspecified atom stereocenters. The molecule has 0 heterocycles. The average molecular weight is 396 g/mol. The predicted molar refractivity (Wildman–Crippen MR) is 107 cm³/mol. The Kier molecular flexibility index (Phi) is 7.92. The van der Waals surface area contributed by atoms with Crippen LogP contribution in [0.3, 0.4) is 0 Å². The van der Waals surface area contributed by atoms with Crippen molar-refractivity contribution in [3.63, 3.8) is 0 Å². The third-order valence-electron chi connectivity index (χ3n) is 5.10. The lowest BCUT2D eigenvalue weighted by Gasteiger charge is -2.28. The Labute approximate surface area is 155 Å². The van der Waals surface area contributed by atoms with E-state index in [1.54, 1.807) is 0 Å². The van der Waals surface area contributed by atoms with E-state index in [9.17, 15) is 0 Å². The van der Waals surface area contributed by atoms with E-state index in [1.165, 1.54) is 37.7 Å². The lowest BCUT2D eigenvalue weighted by molar-refractivity contribution is 0.319. The summed E-state index contributed by atoms with van der Waals surface area (Å²) in [6.07, 6.45) is 11.8. The smallest absolute Gasteiger partial charge is 0.0579 e. The van der Waals surface area contributed by atoms with Gasteiger partial charge in [-0.25, -0.2) is 0 Å². The molecule has 0 amide bonds. The summed E-state index contributed by atoms with van der Waals surface area (Å²) in [7, 11) is 0. The molecule has 1 saturated carbocycles. The Hall–Kier alpha value is -0.530. The van der Waals surface area contributed by atoms with Crippen molar-refractivity contribution in [1.29, 1.82) is 0 Å². The highest BCUT2D eigenvalue weighted by Gasteiger charge is 2.21. The summed E-state index contributed by atoms with van der Waals surface area (Å²) in [4.78, 5) is 0. The van der Waals surface area contributed by atoms with Gasteiger partial charge in [0.25, 0.3) is 0 Å². The van der Waals surface area contributed by atoms with Gasteiger partial charge in [0.2, 0.25) is 0 Å². The Morgan fingerprint density at radius 3 is 2.43 bits per heavy atom. The zero-order valence-corrected chi connectivity index (χ0v) is 16.5. The van der Waals surface area contributed by atoms with Gasteiger partial charge in [-0.15, -0.1) is 6.58 Å². The summed E-state index contributed by atoms with van der Waals surface area (Å²) >= 11 is 10.2. The van der Waals surface area contributed by atoms with Gasteiger partial charge >= 0.3 is 0 Å². The molecule has 0 bridgehead atoms. The topological polar surface area (TPSA) is 0 Å². The van der Waals surface area contributed by atoms with Crippen molar-refractivity contribution in [2.75, 3.05) is 0 Å². The van der Waals surface area contributed by atoms with Crippen LogP contribution >= 0.6 is 27.5 Å². The van der Waals surface area contributed by atoms with Gasteiger partial charge in [0.15, 0.2) is 0 Å². The van der Waals surface area contributed by atoms with E-state index in [-0.39, 0.29) is 0 Å². The summed E-state index contributed by atoms with van der Waals surface area (Å²) in [6.45, 7) is 6.08. The summed E-state index contributed by atoms with van der Waals surface area (Å²) in [5.41, 5.74) is 2.60. The molecule has 0 N–H and O–H groups in total. The number of allylic oxidation sites excluding steroid dienone is 2. The second-order valence-corrected chi connectivity index (χ2v) is 7.98. The maximum atomic E-state index is 6.52. The number of rotatable bonds is 7. The van der Waals surface area contributed by atoms with Gasteiger partial charge in [0.1, 0.15) is 0 Å². The molecule has 126 valence electrons. The van der Waals surface area contributed by atoms with E-state index in [2.05, 4.69) is 53.7 Å². The molecule has 0 spiro atoms. The Balaban J connectivity index is 1.98. The Morgan fingerprint density at radius 1 is 1.22 bits per heavy atom. The molecular formula is C21H28BrCl. The van der Waals surface area contributed by atoms with Gasteiger partial charge in [-0.1, -0.05) is 71.2 Å². The van der Waals surface area contributed by atoms with Gasteiger partial charge in [0.05, 0.1) is 5.03 Å². The SMILES string of the molecule is C=CCCC/C(Br)=C(/Cl)c1ccc(C2CCC(CC)CC2)cc1. The molecule has 0 radical (unpaired) electrons. The van der Waals surface area contributed by atoms with Gasteiger partial charge in [-0.3, -0.25) is 0 Å². The first kappa shape index (κ1) is 18.8. The predicted octanol–water partition coefficient (Wildman–Crippen LogP) is 8.03. The van der Waals surface area contributed by atoms with Crippen LogP contribution in [0.2, 0.25) is 0 Å². The van der Waals surface area contributed by atoms with Crippen molar-refractivity contribution in [3.8, 4) is 0 Å². The normalized spacial score (nSPS) is 22.6. The maximum absolute atomic E-state index is 6.52. The minimum atomic E-state index is 0.741. The number of hydrogen-bond donors (Lipinski definition) is 0. The van der Waals surface area contributed by atoms with Crippen LogP contribution in [0, 0.1) is 5.92 Å². The highest BCUT2D eigenvalue weighted by Crippen LogP contribution is 2.38. The first-order valence-corrected chi connectivity index (χ1v) is 10.1. The summed E-state index contributed by atoms with van der Waals surface area (Å²) in [5.74, 6) is 1.69. The van der Waals surface area contributed by atoms with Crippen molar-refractivity contribution in [3.05, 3.63) is 52.5 Å². The summed E-state index contributed by atoms with van der Waals surface area (Å²) in [5, 5.41) is 0.843. The van der Waals surface area contributed by atoms with Gasteiger partial charge in [-0.05, 0) is 67.9 Å². The third-order valence-corrected chi connectivity index (χ3v) is 6.57. The fourth-order valence-corrected chi connectivity index (χ4v) is 4.20. The fourth-order valence-electron chi connectivity index (χ4n) is 3.47. The van der Waals surface area contributed by atoms with E-state index in [4.69, 9.17) is 11.6 Å². The molecule has 0 atom stereocenters. The lowest BCUT2D eigenvalue weighted by Crippen LogP contribution is -2.12. The average Bonchev–Trinajstić information content (AvgIpc) is 2.61. The standard InChI is InChI=1S/C21H28BrCl/c1-3-5-6-7-20(22)21(23)19-14-12-18(13-15-19)17-10-8-16(4-2)9-11-17/h3,12-17H,1,4-11H2,2H3/b21-20-. The molecule has 2 rings (SSSR count). The van der Waals surface area contributed by atoms with Crippen molar-refractivity contribution in [2.24, 2.45) is 5.92 Å². The molecule has 1 fully saturated rings. The van der Waals surface area contributed by atoms with Crippen LogP contribution in [0.5, 0.6) is 0 Å². The van der Waals surface area contributed by atoms with E-state index in [0.29, 0.717) is 0 Å². The molecule has 1 aliphatic rings. The molecule has 23 heavy (non-hydrogen) atoms. The minimum absolute atomic E-state index is 0.741. The van der Waals surface area contributed by atoms with Gasteiger partial charge in [-0.2, -0.15) is 0 Å². The van der Waals surface area contributed by atoms with Crippen LogP contribution in [-0.2, 0) is 0 Å². The minimum Gasteiger partial charge on any atom is -0.103 e. The van der Waals surface area contributed by atoms with Crippen molar-refractivity contribution in [2.45, 2.75) is 64.2 Å². The zero-order chi connectivity index (χ0) is 16.7. The molecule has 0 nitrogen and oxygen atoms in total. The van der Waals surface area contributed by atoms with Crippen molar-refractivity contribution >= 4 is 32.6 Å². The molecule has 0 aromatic heterocycles. The molecule has 1 aromatic rings. The number of hydrogen-bond acceptors (Lipinski definition) is 0. The zero-order valence-electron chi connectivity index (χ0n) is 14.2. The van der Waals surface area contributed by atoms with Crippen molar-refractivity contribution in [1.82, 2.24) is 0 Å². The van der Waals surface area contributed by atoms with Crippen LogP contribution < -0.4 is 0 Å². The van der Waals surface area contributed by atoms with Crippen molar-refractivity contribution < 1.29 is 0 Å². The van der Waals surface area contributed by atoms with Gasteiger partial charge in [0, 0.05) is 4.48 Å². The molecule has 2 heteroatoms. The molecule has 1 aromatic carbocycles. The fraction of sp³-hybridized carbons (Fsp3) is 0.524. The molecular weight excluding hydrogens is 368 g/mol. The van der Waals surface area contributed by atoms with E-state index < -0.39 is 0 Å². The first-order chi connectivity index (χ1) is 11.2. The van der Waals surface area contributed by atoms with Crippen LogP contribution in [0.15, 0.2) is 41.4 Å². The second kappa shape index (κ2) is 9.69. The third kappa shape index (κ3) is 5.50. The van der Waals surface area contributed by atoms with Gasteiger partial charge < -0.3 is 0 Å². The highest BCUT2D eigenvalue weighted by atomic mass is 79.9. The second-order valence-electron chi connectivity index (χ2n) is 6.65. The maximum Gasteiger partial charge on any atom is 0.0579 e. The largest absolute Gasteiger partial charge is 0.103 e. The van der Waals surface area contributed by atoms with Crippen LogP contribution in [-0.4, -0.2) is 0 Å². The van der Waals surface area contributed by atoms with E-state index >= 15 is 0 Å². The number of unbranched alkanes of at least 4 members (excludes halogenated alkanes) is 1. The quantitative estimate of drug-likeness (QED) is 0.324. The van der Waals surface area contributed by atoms with E-state index in [0.717, 1.165) is 46.2 Å².